The van der Waals surface area contributed by atoms with Gasteiger partial charge in [0.15, 0.2) is 5.78 Å². The molecular weight excluding hydrogens is 292 g/mol. The number of ether oxygens (including phenoxy) is 1. The number of hydrogen-bond acceptors (Lipinski definition) is 3. The van der Waals surface area contributed by atoms with Crippen LogP contribution >= 0.6 is 11.6 Å². The fourth-order valence-electron chi connectivity index (χ4n) is 3.07. The Morgan fingerprint density at radius 3 is 2.52 bits per heavy atom. The molecule has 1 fully saturated rings. The Morgan fingerprint density at radius 1 is 1.33 bits per heavy atom. The molecule has 0 saturated heterocycles. The van der Waals surface area contributed by atoms with Crippen molar-refractivity contribution in [3.05, 3.63) is 28.8 Å². The van der Waals surface area contributed by atoms with Crippen molar-refractivity contribution < 1.29 is 19.4 Å². The maximum absolute atomic E-state index is 12.6. The topological polar surface area (TPSA) is 63.6 Å². The van der Waals surface area contributed by atoms with Crippen molar-refractivity contribution in [3.63, 3.8) is 0 Å². The first kappa shape index (κ1) is 15.8. The summed E-state index contributed by atoms with van der Waals surface area (Å²) in [6.45, 7) is 2.03. The minimum atomic E-state index is -0.885. The van der Waals surface area contributed by atoms with E-state index in [1.165, 1.54) is 7.11 Å². The van der Waals surface area contributed by atoms with Gasteiger partial charge in [-0.3, -0.25) is 9.59 Å². The van der Waals surface area contributed by atoms with E-state index < -0.39 is 17.8 Å². The lowest BCUT2D eigenvalue weighted by Gasteiger charge is -2.15. The predicted molar refractivity (Wildman–Crippen MR) is 80.0 cm³/mol. The lowest BCUT2D eigenvalue weighted by Crippen LogP contribution is -2.25. The zero-order valence-corrected chi connectivity index (χ0v) is 12.9. The summed E-state index contributed by atoms with van der Waals surface area (Å²) < 4.78 is 5.06. The van der Waals surface area contributed by atoms with Crippen LogP contribution in [0.5, 0.6) is 5.75 Å². The maximum atomic E-state index is 12.6. The van der Waals surface area contributed by atoms with Gasteiger partial charge < -0.3 is 9.84 Å². The number of ketones is 1. The fraction of sp³-hybridized carbons (Fsp3) is 0.500. The summed E-state index contributed by atoms with van der Waals surface area (Å²) >= 11 is 6.04. The Labute approximate surface area is 129 Å². The summed E-state index contributed by atoms with van der Waals surface area (Å²) in [6, 6.07) is 4.84. The first-order valence-corrected chi connectivity index (χ1v) is 7.46. The highest BCUT2D eigenvalue weighted by molar-refractivity contribution is 6.32. The minimum absolute atomic E-state index is 0.136. The number of aliphatic carboxylic acids is 1. The average molecular weight is 311 g/mol. The third kappa shape index (κ3) is 3.21. The smallest absolute Gasteiger partial charge is 0.307 e. The molecule has 114 valence electrons. The first-order chi connectivity index (χ1) is 9.97. The van der Waals surface area contributed by atoms with Gasteiger partial charge in [-0.2, -0.15) is 0 Å². The van der Waals surface area contributed by atoms with Gasteiger partial charge in [-0.15, -0.1) is 0 Å². The lowest BCUT2D eigenvalue weighted by atomic mass is 9.88. The number of carboxylic acids is 1. The zero-order chi connectivity index (χ0) is 15.6. The quantitative estimate of drug-likeness (QED) is 0.843. The number of halogens is 1. The van der Waals surface area contributed by atoms with E-state index in [0.717, 1.165) is 6.42 Å². The number of carbonyl (C=O) groups excluding carboxylic acids is 1. The Balaban J connectivity index is 2.25. The Morgan fingerprint density at radius 2 is 2.00 bits per heavy atom. The largest absolute Gasteiger partial charge is 0.495 e. The standard InChI is InChI=1S/C16H19ClO4/c1-3-9-6-11(12(7-9)16(19)20)15(18)10-4-5-14(21-2)13(17)8-10/h4-5,8-9,11-12H,3,6-7H2,1-2H3,(H,19,20). The zero-order valence-electron chi connectivity index (χ0n) is 12.1. The second-order valence-corrected chi connectivity index (χ2v) is 5.92. The molecule has 0 bridgehead atoms. The summed E-state index contributed by atoms with van der Waals surface area (Å²) in [6.07, 6.45) is 2.11. The molecule has 3 unspecified atom stereocenters. The summed E-state index contributed by atoms with van der Waals surface area (Å²) in [5.41, 5.74) is 0.453. The average Bonchev–Trinajstić information content (AvgIpc) is 2.90. The van der Waals surface area contributed by atoms with Gasteiger partial charge in [-0.05, 0) is 37.0 Å². The number of carboxylic acid groups (broad SMARTS) is 1. The van der Waals surface area contributed by atoms with Crippen LogP contribution in [0.25, 0.3) is 0 Å². The Bertz CT molecular complexity index is 555. The molecular formula is C16H19ClO4. The van der Waals surface area contributed by atoms with Crippen molar-refractivity contribution in [1.82, 2.24) is 0 Å². The minimum Gasteiger partial charge on any atom is -0.495 e. The van der Waals surface area contributed by atoms with Gasteiger partial charge in [0, 0.05) is 11.5 Å². The van der Waals surface area contributed by atoms with Crippen LogP contribution in [0.4, 0.5) is 0 Å². The number of rotatable bonds is 5. The van der Waals surface area contributed by atoms with Crippen LogP contribution in [0.2, 0.25) is 5.02 Å². The SMILES string of the molecule is CCC1CC(C(=O)O)C(C(=O)c2ccc(OC)c(Cl)c2)C1. The van der Waals surface area contributed by atoms with E-state index >= 15 is 0 Å². The molecule has 21 heavy (non-hydrogen) atoms. The molecule has 1 aliphatic carbocycles. The lowest BCUT2D eigenvalue weighted by molar-refractivity contribution is -0.142. The van der Waals surface area contributed by atoms with Crippen LogP contribution in [0.3, 0.4) is 0 Å². The van der Waals surface area contributed by atoms with E-state index in [-0.39, 0.29) is 5.78 Å². The monoisotopic (exact) mass is 310 g/mol. The molecule has 2 rings (SSSR count). The van der Waals surface area contributed by atoms with Gasteiger partial charge in [0.05, 0.1) is 18.1 Å². The van der Waals surface area contributed by atoms with Crippen molar-refractivity contribution in [2.75, 3.05) is 7.11 Å². The van der Waals surface area contributed by atoms with Gasteiger partial charge in [0.2, 0.25) is 0 Å². The molecule has 1 saturated carbocycles. The molecule has 1 aliphatic rings. The summed E-state index contributed by atoms with van der Waals surface area (Å²) in [5, 5.41) is 9.69. The van der Waals surface area contributed by atoms with Crippen molar-refractivity contribution >= 4 is 23.4 Å². The summed E-state index contributed by atoms with van der Waals surface area (Å²) in [4.78, 5) is 24.0. The molecule has 1 aromatic carbocycles. The van der Waals surface area contributed by atoms with Gasteiger partial charge in [0.1, 0.15) is 5.75 Å². The highest BCUT2D eigenvalue weighted by atomic mass is 35.5. The van der Waals surface area contributed by atoms with Crippen molar-refractivity contribution in [2.45, 2.75) is 26.2 Å². The van der Waals surface area contributed by atoms with Crippen molar-refractivity contribution in [3.8, 4) is 5.75 Å². The molecule has 0 amide bonds. The Kier molecular flexibility index (Phi) is 4.88. The van der Waals surface area contributed by atoms with Gasteiger partial charge in [0.25, 0.3) is 0 Å². The van der Waals surface area contributed by atoms with E-state index in [0.29, 0.717) is 35.1 Å². The van der Waals surface area contributed by atoms with E-state index in [1.54, 1.807) is 18.2 Å². The second-order valence-electron chi connectivity index (χ2n) is 5.51. The van der Waals surface area contributed by atoms with E-state index in [9.17, 15) is 14.7 Å². The first-order valence-electron chi connectivity index (χ1n) is 7.08. The van der Waals surface area contributed by atoms with Gasteiger partial charge in [-0.25, -0.2) is 0 Å². The molecule has 0 radical (unpaired) electrons. The van der Waals surface area contributed by atoms with Crippen LogP contribution in [0.15, 0.2) is 18.2 Å². The molecule has 0 aliphatic heterocycles. The van der Waals surface area contributed by atoms with Gasteiger partial charge >= 0.3 is 5.97 Å². The molecule has 0 heterocycles. The molecule has 1 N–H and O–H groups in total. The molecule has 0 aromatic heterocycles. The Hall–Kier alpha value is -1.55. The summed E-state index contributed by atoms with van der Waals surface area (Å²) in [7, 11) is 1.51. The molecule has 0 spiro atoms. The van der Waals surface area contributed by atoms with Crippen LogP contribution in [0, 0.1) is 17.8 Å². The van der Waals surface area contributed by atoms with Crippen molar-refractivity contribution in [2.24, 2.45) is 17.8 Å². The molecule has 3 atom stereocenters. The van der Waals surface area contributed by atoms with Gasteiger partial charge in [-0.1, -0.05) is 24.9 Å². The van der Waals surface area contributed by atoms with Crippen LogP contribution in [-0.2, 0) is 4.79 Å². The summed E-state index contributed by atoms with van der Waals surface area (Å²) in [5.74, 6) is -1.28. The normalized spacial score (nSPS) is 24.8. The number of hydrogen-bond donors (Lipinski definition) is 1. The molecule has 5 heteroatoms. The highest BCUT2D eigenvalue weighted by Crippen LogP contribution is 2.40. The van der Waals surface area contributed by atoms with E-state index in [1.807, 2.05) is 6.92 Å². The number of methoxy groups -OCH3 is 1. The maximum Gasteiger partial charge on any atom is 0.307 e. The third-order valence-electron chi connectivity index (χ3n) is 4.33. The fourth-order valence-corrected chi connectivity index (χ4v) is 3.33. The molecule has 1 aromatic rings. The second kappa shape index (κ2) is 6.48. The third-order valence-corrected chi connectivity index (χ3v) is 4.62. The van der Waals surface area contributed by atoms with Crippen molar-refractivity contribution in [1.29, 1.82) is 0 Å². The van der Waals surface area contributed by atoms with Crippen LogP contribution < -0.4 is 4.74 Å². The number of Topliss-reactive ketones (excluding diaryl/α,β-unsaturated/α-hetero) is 1. The van der Waals surface area contributed by atoms with Crippen LogP contribution in [0.1, 0.15) is 36.5 Å². The van der Waals surface area contributed by atoms with E-state index in [4.69, 9.17) is 16.3 Å². The highest BCUT2D eigenvalue weighted by Gasteiger charge is 2.42. The molecule has 4 nitrogen and oxygen atoms in total. The number of carbonyl (C=O) groups is 2. The predicted octanol–water partition coefficient (Wildman–Crippen LogP) is 3.67. The number of benzene rings is 1. The van der Waals surface area contributed by atoms with E-state index in [2.05, 4.69) is 0 Å². The van der Waals surface area contributed by atoms with Crippen LogP contribution in [-0.4, -0.2) is 24.0 Å².